The van der Waals surface area contributed by atoms with E-state index in [2.05, 4.69) is 20.3 Å². The topological polar surface area (TPSA) is 67.8 Å². The molecular formula is C25H18ClF3N4O. The molecule has 0 saturated heterocycles. The predicted octanol–water partition coefficient (Wildman–Crippen LogP) is 6.36. The normalized spacial score (nSPS) is 11.3. The minimum absolute atomic E-state index is 0.0687. The van der Waals surface area contributed by atoms with Crippen molar-refractivity contribution >= 4 is 23.2 Å². The average molecular weight is 483 g/mol. The second-order valence-corrected chi connectivity index (χ2v) is 7.96. The van der Waals surface area contributed by atoms with Crippen LogP contribution in [0, 0.1) is 6.92 Å². The van der Waals surface area contributed by atoms with Gasteiger partial charge in [-0.25, -0.2) is 9.97 Å². The first-order valence-electron chi connectivity index (χ1n) is 10.2. The van der Waals surface area contributed by atoms with E-state index in [0.29, 0.717) is 12.1 Å². The summed E-state index contributed by atoms with van der Waals surface area (Å²) in [6.07, 6.45) is 0.684. The number of amides is 1. The molecule has 1 N–H and O–H groups in total. The predicted molar refractivity (Wildman–Crippen MR) is 124 cm³/mol. The van der Waals surface area contributed by atoms with E-state index in [4.69, 9.17) is 11.6 Å². The summed E-state index contributed by atoms with van der Waals surface area (Å²) in [5, 5.41) is 2.58. The van der Waals surface area contributed by atoms with E-state index < -0.39 is 17.6 Å². The Morgan fingerprint density at radius 1 is 1.03 bits per heavy atom. The molecule has 0 atom stereocenters. The second kappa shape index (κ2) is 9.61. The Labute approximate surface area is 198 Å². The van der Waals surface area contributed by atoms with Gasteiger partial charge in [0, 0.05) is 30.1 Å². The summed E-state index contributed by atoms with van der Waals surface area (Å²) in [5.74, 6) is -0.731. The Hall–Kier alpha value is -3.78. The van der Waals surface area contributed by atoms with Crippen LogP contribution in [0.15, 0.2) is 73.3 Å². The molecule has 0 spiro atoms. The van der Waals surface area contributed by atoms with Crippen molar-refractivity contribution in [2.45, 2.75) is 19.5 Å². The summed E-state index contributed by atoms with van der Waals surface area (Å²) >= 11 is 6.00. The van der Waals surface area contributed by atoms with Gasteiger partial charge in [-0.2, -0.15) is 13.2 Å². The summed E-state index contributed by atoms with van der Waals surface area (Å²) < 4.78 is 39.2. The molecular weight excluding hydrogens is 465 g/mol. The smallest absolute Gasteiger partial charge is 0.322 e. The van der Waals surface area contributed by atoms with E-state index in [1.165, 1.54) is 6.33 Å². The highest BCUT2D eigenvalue weighted by Gasteiger charge is 2.31. The lowest BCUT2D eigenvalue weighted by molar-refractivity contribution is -0.137. The monoisotopic (exact) mass is 482 g/mol. The summed E-state index contributed by atoms with van der Waals surface area (Å²) in [7, 11) is 0. The zero-order valence-electron chi connectivity index (χ0n) is 17.9. The van der Waals surface area contributed by atoms with Crippen molar-refractivity contribution in [1.82, 2.24) is 15.0 Å². The van der Waals surface area contributed by atoms with Crippen molar-refractivity contribution < 1.29 is 18.0 Å². The van der Waals surface area contributed by atoms with Gasteiger partial charge >= 0.3 is 6.18 Å². The first-order chi connectivity index (χ1) is 16.2. The Balaban J connectivity index is 1.61. The molecule has 4 aromatic rings. The molecule has 2 aromatic heterocycles. The molecule has 2 heterocycles. The van der Waals surface area contributed by atoms with Crippen molar-refractivity contribution in [2.24, 2.45) is 0 Å². The molecule has 172 valence electrons. The van der Waals surface area contributed by atoms with Gasteiger partial charge in [0.25, 0.3) is 5.91 Å². The number of hydrogen-bond donors (Lipinski definition) is 1. The maximum Gasteiger partial charge on any atom is 0.416 e. The fraction of sp³-hybridized carbons (Fsp3) is 0.120. The van der Waals surface area contributed by atoms with Gasteiger partial charge in [0.2, 0.25) is 0 Å². The number of alkyl halides is 3. The van der Waals surface area contributed by atoms with E-state index in [-0.39, 0.29) is 10.6 Å². The minimum atomic E-state index is -4.58. The average Bonchev–Trinajstić information content (AvgIpc) is 2.81. The lowest BCUT2D eigenvalue weighted by Gasteiger charge is -2.13. The maximum absolute atomic E-state index is 13.1. The van der Waals surface area contributed by atoms with Gasteiger partial charge in [0.05, 0.1) is 27.5 Å². The van der Waals surface area contributed by atoms with E-state index >= 15 is 0 Å². The molecule has 34 heavy (non-hydrogen) atoms. The largest absolute Gasteiger partial charge is 0.416 e. The Morgan fingerprint density at radius 3 is 2.59 bits per heavy atom. The number of anilines is 1. The van der Waals surface area contributed by atoms with Crippen LogP contribution < -0.4 is 5.32 Å². The Kier molecular flexibility index (Phi) is 6.61. The number of benzene rings is 2. The second-order valence-electron chi connectivity index (χ2n) is 7.56. The molecule has 0 aliphatic rings. The first kappa shape index (κ1) is 23.4. The number of nitrogens with one attached hydrogen (secondary N) is 1. The highest BCUT2D eigenvalue weighted by molar-refractivity contribution is 6.34. The van der Waals surface area contributed by atoms with Crippen LogP contribution in [-0.4, -0.2) is 20.9 Å². The van der Waals surface area contributed by atoms with Crippen molar-refractivity contribution in [1.29, 1.82) is 0 Å². The molecule has 5 nitrogen and oxygen atoms in total. The van der Waals surface area contributed by atoms with Crippen LogP contribution in [0.4, 0.5) is 18.9 Å². The van der Waals surface area contributed by atoms with Crippen molar-refractivity contribution in [2.75, 3.05) is 5.32 Å². The fourth-order valence-electron chi connectivity index (χ4n) is 3.46. The molecule has 0 aliphatic heterocycles. The van der Waals surface area contributed by atoms with Gasteiger partial charge in [-0.15, -0.1) is 0 Å². The zero-order valence-corrected chi connectivity index (χ0v) is 18.7. The molecule has 9 heteroatoms. The Bertz CT molecular complexity index is 1340. The van der Waals surface area contributed by atoms with Crippen LogP contribution in [0.3, 0.4) is 0 Å². The number of halogens is 4. The summed E-state index contributed by atoms with van der Waals surface area (Å²) in [6, 6.07) is 13.5. The van der Waals surface area contributed by atoms with E-state index in [9.17, 15) is 18.0 Å². The highest BCUT2D eigenvalue weighted by atomic mass is 35.5. The molecule has 1 amide bonds. The van der Waals surface area contributed by atoms with Crippen molar-refractivity contribution in [3.05, 3.63) is 106 Å². The molecule has 0 saturated carbocycles. The number of carbonyl (C=O) groups is 1. The highest BCUT2D eigenvalue weighted by Crippen LogP contribution is 2.32. The third kappa shape index (κ3) is 5.23. The number of hydrogen-bond acceptors (Lipinski definition) is 4. The Morgan fingerprint density at radius 2 is 1.85 bits per heavy atom. The van der Waals surface area contributed by atoms with Gasteiger partial charge in [0.1, 0.15) is 6.33 Å². The van der Waals surface area contributed by atoms with Gasteiger partial charge in [-0.05, 0) is 66.6 Å². The lowest BCUT2D eigenvalue weighted by Crippen LogP contribution is -2.15. The molecule has 0 bridgehead atoms. The maximum atomic E-state index is 13.1. The molecule has 0 aliphatic carbocycles. The third-order valence-electron chi connectivity index (χ3n) is 5.25. The quantitative estimate of drug-likeness (QED) is 0.359. The SMILES string of the molecule is Cc1ccc(NC(=O)c2cc(C(F)(F)F)ccc2Cl)cc1Cc1ncccc1-c1ccncn1. The minimum Gasteiger partial charge on any atom is -0.322 e. The number of carbonyl (C=O) groups excluding carboxylic acids is 1. The standard InChI is InChI=1S/C25H18ClF3N4O/c1-15-4-6-18(33-24(34)20-13-17(25(27,28)29)5-7-21(20)26)11-16(15)12-23-19(3-2-9-31-23)22-8-10-30-14-32-22/h2-11,13-14H,12H2,1H3,(H,33,34). The van der Waals surface area contributed by atoms with E-state index in [1.54, 1.807) is 30.6 Å². The first-order valence-corrected chi connectivity index (χ1v) is 10.6. The zero-order chi connectivity index (χ0) is 24.3. The van der Waals surface area contributed by atoms with Gasteiger partial charge in [-0.1, -0.05) is 17.7 Å². The van der Waals surface area contributed by atoms with Crippen molar-refractivity contribution in [3.63, 3.8) is 0 Å². The van der Waals surface area contributed by atoms with E-state index in [0.717, 1.165) is 46.3 Å². The number of rotatable bonds is 5. The number of aromatic nitrogens is 3. The van der Waals surface area contributed by atoms with Gasteiger partial charge < -0.3 is 5.32 Å². The molecule has 0 fully saturated rings. The van der Waals surface area contributed by atoms with Crippen LogP contribution in [0.5, 0.6) is 0 Å². The van der Waals surface area contributed by atoms with Crippen LogP contribution in [0.25, 0.3) is 11.3 Å². The molecule has 0 unspecified atom stereocenters. The number of pyridine rings is 1. The van der Waals surface area contributed by atoms with Gasteiger partial charge in [0.15, 0.2) is 0 Å². The number of nitrogens with zero attached hydrogens (tertiary/aromatic N) is 3. The fourth-order valence-corrected chi connectivity index (χ4v) is 3.66. The molecule has 2 aromatic carbocycles. The molecule has 0 radical (unpaired) electrons. The summed E-state index contributed by atoms with van der Waals surface area (Å²) in [4.78, 5) is 25.5. The van der Waals surface area contributed by atoms with Crippen LogP contribution in [0.1, 0.15) is 32.7 Å². The van der Waals surface area contributed by atoms with Crippen molar-refractivity contribution in [3.8, 4) is 11.3 Å². The number of aryl methyl sites for hydroxylation is 1. The van der Waals surface area contributed by atoms with E-state index in [1.807, 2.05) is 25.1 Å². The van der Waals surface area contributed by atoms with Gasteiger partial charge in [-0.3, -0.25) is 9.78 Å². The lowest BCUT2D eigenvalue weighted by atomic mass is 9.99. The van der Waals surface area contributed by atoms with Crippen LogP contribution in [-0.2, 0) is 12.6 Å². The summed E-state index contributed by atoms with van der Waals surface area (Å²) in [5.41, 5.74) is 3.46. The summed E-state index contributed by atoms with van der Waals surface area (Å²) in [6.45, 7) is 1.93. The van der Waals surface area contributed by atoms with Crippen LogP contribution in [0.2, 0.25) is 5.02 Å². The van der Waals surface area contributed by atoms with Crippen LogP contribution >= 0.6 is 11.6 Å². The molecule has 4 rings (SSSR count). The third-order valence-corrected chi connectivity index (χ3v) is 5.58.